The highest BCUT2D eigenvalue weighted by atomic mass is 16.4. The van der Waals surface area contributed by atoms with Crippen molar-refractivity contribution in [3.8, 4) is 0 Å². The minimum atomic E-state index is -0.885. The second kappa shape index (κ2) is 5.51. The lowest BCUT2D eigenvalue weighted by Gasteiger charge is -2.16. The molecule has 1 aromatic carbocycles. The van der Waals surface area contributed by atoms with E-state index < -0.39 is 5.97 Å². The predicted octanol–water partition coefficient (Wildman–Crippen LogP) is 2.34. The zero-order valence-electron chi connectivity index (χ0n) is 10.3. The largest absolute Gasteiger partial charge is 0.478 e. The quantitative estimate of drug-likeness (QED) is 0.848. The zero-order chi connectivity index (χ0) is 13.0. The van der Waals surface area contributed by atoms with Gasteiger partial charge in [0.25, 0.3) is 0 Å². The molecular formula is C14H16N2O2. The molecule has 0 saturated carbocycles. The molecule has 1 heterocycles. The minimum absolute atomic E-state index is 0.334. The van der Waals surface area contributed by atoms with Crippen molar-refractivity contribution in [2.75, 3.05) is 7.05 Å². The van der Waals surface area contributed by atoms with Gasteiger partial charge in [-0.3, -0.25) is 4.90 Å². The molecule has 0 amide bonds. The fourth-order valence-electron chi connectivity index (χ4n) is 1.93. The van der Waals surface area contributed by atoms with Crippen molar-refractivity contribution in [3.63, 3.8) is 0 Å². The lowest BCUT2D eigenvalue weighted by atomic mass is 10.1. The maximum atomic E-state index is 10.9. The van der Waals surface area contributed by atoms with E-state index in [4.69, 9.17) is 5.11 Å². The van der Waals surface area contributed by atoms with E-state index in [-0.39, 0.29) is 0 Å². The SMILES string of the molecule is CN(Cc1cccc(C(=O)O)c1)Cc1ccc[nH]1. The first-order chi connectivity index (χ1) is 8.65. The highest BCUT2D eigenvalue weighted by Gasteiger charge is 2.06. The van der Waals surface area contributed by atoms with Crippen LogP contribution in [-0.4, -0.2) is 28.0 Å². The Bertz CT molecular complexity index is 520. The Morgan fingerprint density at radius 1 is 1.28 bits per heavy atom. The summed E-state index contributed by atoms with van der Waals surface area (Å²) in [6.07, 6.45) is 1.90. The number of carboxylic acid groups (broad SMARTS) is 1. The highest BCUT2D eigenvalue weighted by molar-refractivity contribution is 5.87. The van der Waals surface area contributed by atoms with Crippen LogP contribution in [0, 0.1) is 0 Å². The van der Waals surface area contributed by atoms with Crippen molar-refractivity contribution in [2.45, 2.75) is 13.1 Å². The number of aromatic nitrogens is 1. The van der Waals surface area contributed by atoms with E-state index in [9.17, 15) is 4.79 Å². The molecule has 1 aromatic heterocycles. The average molecular weight is 244 g/mol. The molecule has 4 nitrogen and oxygen atoms in total. The van der Waals surface area contributed by atoms with Crippen molar-refractivity contribution >= 4 is 5.97 Å². The summed E-state index contributed by atoms with van der Waals surface area (Å²) in [6, 6.07) is 11.0. The van der Waals surface area contributed by atoms with Gasteiger partial charge < -0.3 is 10.1 Å². The Hall–Kier alpha value is -2.07. The third-order valence-electron chi connectivity index (χ3n) is 2.73. The summed E-state index contributed by atoms with van der Waals surface area (Å²) in [5, 5.41) is 8.93. The van der Waals surface area contributed by atoms with Gasteiger partial charge in [-0.15, -0.1) is 0 Å². The number of aromatic carboxylic acids is 1. The molecule has 94 valence electrons. The lowest BCUT2D eigenvalue weighted by Crippen LogP contribution is -2.17. The van der Waals surface area contributed by atoms with E-state index in [1.807, 2.05) is 31.4 Å². The number of aromatic amines is 1. The maximum absolute atomic E-state index is 10.9. The summed E-state index contributed by atoms with van der Waals surface area (Å²) in [5.41, 5.74) is 2.48. The van der Waals surface area contributed by atoms with Gasteiger partial charge in [0, 0.05) is 25.0 Å². The monoisotopic (exact) mass is 244 g/mol. The number of hydrogen-bond donors (Lipinski definition) is 2. The zero-order valence-corrected chi connectivity index (χ0v) is 10.3. The number of H-pyrrole nitrogens is 1. The molecule has 0 aliphatic heterocycles. The van der Waals surface area contributed by atoms with Crippen molar-refractivity contribution in [1.29, 1.82) is 0 Å². The van der Waals surface area contributed by atoms with Crippen LogP contribution in [0.1, 0.15) is 21.6 Å². The molecule has 0 spiro atoms. The topological polar surface area (TPSA) is 56.3 Å². The van der Waals surface area contributed by atoms with E-state index in [0.29, 0.717) is 5.56 Å². The molecule has 0 aliphatic rings. The first-order valence-corrected chi connectivity index (χ1v) is 5.78. The predicted molar refractivity (Wildman–Crippen MR) is 69.4 cm³/mol. The van der Waals surface area contributed by atoms with Crippen molar-refractivity contribution in [2.24, 2.45) is 0 Å². The number of benzene rings is 1. The van der Waals surface area contributed by atoms with Gasteiger partial charge in [-0.05, 0) is 36.9 Å². The van der Waals surface area contributed by atoms with E-state index in [1.54, 1.807) is 18.2 Å². The number of carboxylic acids is 1. The van der Waals surface area contributed by atoms with Crippen LogP contribution in [0.4, 0.5) is 0 Å². The molecule has 0 fully saturated rings. The smallest absolute Gasteiger partial charge is 0.335 e. The molecule has 18 heavy (non-hydrogen) atoms. The van der Waals surface area contributed by atoms with E-state index in [1.165, 1.54) is 0 Å². The van der Waals surface area contributed by atoms with Crippen LogP contribution in [0.5, 0.6) is 0 Å². The van der Waals surface area contributed by atoms with Gasteiger partial charge in [-0.1, -0.05) is 12.1 Å². The minimum Gasteiger partial charge on any atom is -0.478 e. The van der Waals surface area contributed by atoms with Gasteiger partial charge in [-0.2, -0.15) is 0 Å². The molecular weight excluding hydrogens is 228 g/mol. The molecule has 0 radical (unpaired) electrons. The van der Waals surface area contributed by atoms with Gasteiger partial charge in [-0.25, -0.2) is 4.79 Å². The molecule has 0 unspecified atom stereocenters. The fourth-order valence-corrected chi connectivity index (χ4v) is 1.93. The van der Waals surface area contributed by atoms with Crippen molar-refractivity contribution in [3.05, 3.63) is 59.4 Å². The van der Waals surface area contributed by atoms with Crippen LogP contribution >= 0.6 is 0 Å². The molecule has 0 aliphatic carbocycles. The molecule has 2 rings (SSSR count). The van der Waals surface area contributed by atoms with Crippen LogP contribution in [0.25, 0.3) is 0 Å². The Morgan fingerprint density at radius 3 is 2.78 bits per heavy atom. The highest BCUT2D eigenvalue weighted by Crippen LogP contribution is 2.09. The Morgan fingerprint density at radius 2 is 2.11 bits per heavy atom. The van der Waals surface area contributed by atoms with Crippen LogP contribution < -0.4 is 0 Å². The summed E-state index contributed by atoms with van der Waals surface area (Å²) < 4.78 is 0. The summed E-state index contributed by atoms with van der Waals surface area (Å²) in [5.74, 6) is -0.885. The second-order valence-corrected chi connectivity index (χ2v) is 4.37. The Kier molecular flexibility index (Phi) is 3.79. The number of nitrogens with zero attached hydrogens (tertiary/aromatic N) is 1. The van der Waals surface area contributed by atoms with E-state index in [2.05, 4.69) is 9.88 Å². The first-order valence-electron chi connectivity index (χ1n) is 5.78. The number of carbonyl (C=O) groups is 1. The Labute approximate surface area is 106 Å². The summed E-state index contributed by atoms with van der Waals surface area (Å²) in [4.78, 5) is 16.2. The molecule has 0 saturated heterocycles. The standard InChI is InChI=1S/C14H16N2O2/c1-16(10-13-6-3-7-15-13)9-11-4-2-5-12(8-11)14(17)18/h2-8,15H,9-10H2,1H3,(H,17,18). The van der Waals surface area contributed by atoms with Crippen LogP contribution in [0.2, 0.25) is 0 Å². The van der Waals surface area contributed by atoms with Gasteiger partial charge >= 0.3 is 5.97 Å². The van der Waals surface area contributed by atoms with Crippen LogP contribution in [-0.2, 0) is 13.1 Å². The van der Waals surface area contributed by atoms with Crippen molar-refractivity contribution < 1.29 is 9.90 Å². The third-order valence-corrected chi connectivity index (χ3v) is 2.73. The van der Waals surface area contributed by atoms with Gasteiger partial charge in [0.1, 0.15) is 0 Å². The first kappa shape index (κ1) is 12.4. The Balaban J connectivity index is 2.00. The fraction of sp³-hybridized carbons (Fsp3) is 0.214. The summed E-state index contributed by atoms with van der Waals surface area (Å²) in [7, 11) is 2.01. The molecule has 2 N–H and O–H groups in total. The third kappa shape index (κ3) is 3.21. The van der Waals surface area contributed by atoms with Gasteiger partial charge in [0.2, 0.25) is 0 Å². The molecule has 2 aromatic rings. The second-order valence-electron chi connectivity index (χ2n) is 4.37. The van der Waals surface area contributed by atoms with Crippen LogP contribution in [0.3, 0.4) is 0 Å². The molecule has 0 atom stereocenters. The molecule has 0 bridgehead atoms. The number of rotatable bonds is 5. The van der Waals surface area contributed by atoms with Crippen LogP contribution in [0.15, 0.2) is 42.6 Å². The normalized spacial score (nSPS) is 10.8. The van der Waals surface area contributed by atoms with E-state index in [0.717, 1.165) is 24.3 Å². The summed E-state index contributed by atoms with van der Waals surface area (Å²) in [6.45, 7) is 1.53. The lowest BCUT2D eigenvalue weighted by molar-refractivity contribution is 0.0696. The maximum Gasteiger partial charge on any atom is 0.335 e. The van der Waals surface area contributed by atoms with E-state index >= 15 is 0 Å². The van der Waals surface area contributed by atoms with Crippen molar-refractivity contribution in [1.82, 2.24) is 9.88 Å². The van der Waals surface area contributed by atoms with Gasteiger partial charge in [0.15, 0.2) is 0 Å². The van der Waals surface area contributed by atoms with Gasteiger partial charge in [0.05, 0.1) is 5.56 Å². The molecule has 4 heteroatoms. The number of nitrogens with one attached hydrogen (secondary N) is 1. The summed E-state index contributed by atoms with van der Waals surface area (Å²) >= 11 is 0. The average Bonchev–Trinajstić information content (AvgIpc) is 2.82. The number of hydrogen-bond acceptors (Lipinski definition) is 2.